The van der Waals surface area contributed by atoms with Crippen molar-refractivity contribution in [2.45, 2.75) is 32.2 Å². The summed E-state index contributed by atoms with van der Waals surface area (Å²) in [7, 11) is 1.61. The molecule has 2 aromatic rings. The summed E-state index contributed by atoms with van der Waals surface area (Å²) in [5, 5.41) is 12.9. The van der Waals surface area contributed by atoms with Crippen LogP contribution < -0.4 is 10.1 Å². The van der Waals surface area contributed by atoms with Gasteiger partial charge in [0.25, 0.3) is 0 Å². The van der Waals surface area contributed by atoms with Crippen LogP contribution in [0.3, 0.4) is 0 Å². The van der Waals surface area contributed by atoms with E-state index in [4.69, 9.17) is 9.47 Å². The lowest BCUT2D eigenvalue weighted by molar-refractivity contribution is -0.150. The van der Waals surface area contributed by atoms with Crippen molar-refractivity contribution in [2.24, 2.45) is 0 Å². The number of aliphatic hydroxyl groups excluding tert-OH is 1. The second-order valence-corrected chi connectivity index (χ2v) is 5.54. The van der Waals surface area contributed by atoms with E-state index in [0.29, 0.717) is 6.54 Å². The predicted octanol–water partition coefficient (Wildman–Crippen LogP) is 2.28. The minimum Gasteiger partial charge on any atom is -0.497 e. The van der Waals surface area contributed by atoms with E-state index in [1.165, 1.54) is 0 Å². The van der Waals surface area contributed by atoms with E-state index in [9.17, 15) is 9.90 Å². The van der Waals surface area contributed by atoms with E-state index in [2.05, 4.69) is 5.32 Å². The molecule has 0 saturated heterocycles. The fraction of sp³-hybridized carbons (Fsp3) is 0.316. The molecule has 2 atom stereocenters. The summed E-state index contributed by atoms with van der Waals surface area (Å²) < 4.78 is 10.4. The molecular formula is C19H23NO4. The fourth-order valence-corrected chi connectivity index (χ4v) is 2.24. The maximum absolute atomic E-state index is 12.2. The van der Waals surface area contributed by atoms with Crippen LogP contribution in [0.1, 0.15) is 18.1 Å². The third-order valence-electron chi connectivity index (χ3n) is 3.65. The van der Waals surface area contributed by atoms with E-state index in [1.807, 2.05) is 54.6 Å². The molecule has 0 amide bonds. The Morgan fingerprint density at radius 3 is 2.33 bits per heavy atom. The molecule has 0 saturated carbocycles. The Bertz CT molecular complexity index is 626. The van der Waals surface area contributed by atoms with Gasteiger partial charge in [-0.05, 0) is 30.2 Å². The molecule has 0 spiro atoms. The molecule has 0 aliphatic heterocycles. The summed E-state index contributed by atoms with van der Waals surface area (Å²) in [6, 6.07) is 16.2. The Morgan fingerprint density at radius 1 is 1.08 bits per heavy atom. The van der Waals surface area contributed by atoms with Crippen molar-refractivity contribution in [1.29, 1.82) is 0 Å². The first-order valence-electron chi connectivity index (χ1n) is 7.85. The van der Waals surface area contributed by atoms with Crippen LogP contribution in [0.4, 0.5) is 0 Å². The van der Waals surface area contributed by atoms with Gasteiger partial charge in [0.1, 0.15) is 18.4 Å². The third kappa shape index (κ3) is 5.37. The number of methoxy groups -OCH3 is 1. The van der Waals surface area contributed by atoms with Crippen molar-refractivity contribution in [3.63, 3.8) is 0 Å². The van der Waals surface area contributed by atoms with Crippen LogP contribution >= 0.6 is 0 Å². The summed E-state index contributed by atoms with van der Waals surface area (Å²) >= 11 is 0. The highest BCUT2D eigenvalue weighted by atomic mass is 16.5. The zero-order valence-corrected chi connectivity index (χ0v) is 13.9. The molecule has 128 valence electrons. The number of carbonyl (C=O) groups is 1. The molecule has 2 aromatic carbocycles. The van der Waals surface area contributed by atoms with Crippen molar-refractivity contribution in [3.05, 3.63) is 65.7 Å². The molecule has 0 aliphatic rings. The van der Waals surface area contributed by atoms with Gasteiger partial charge < -0.3 is 14.6 Å². The molecule has 0 radical (unpaired) electrons. The molecule has 24 heavy (non-hydrogen) atoms. The van der Waals surface area contributed by atoms with Gasteiger partial charge in [-0.3, -0.25) is 10.1 Å². The second-order valence-electron chi connectivity index (χ2n) is 5.54. The summed E-state index contributed by atoms with van der Waals surface area (Å²) in [6.45, 7) is 2.20. The van der Waals surface area contributed by atoms with Crippen LogP contribution in [0, 0.1) is 0 Å². The van der Waals surface area contributed by atoms with E-state index < -0.39 is 18.1 Å². The SMILES string of the molecule is COc1ccc(CN[C@H](C(=O)OCc2ccccc2)[C@H](C)O)cc1. The lowest BCUT2D eigenvalue weighted by atomic mass is 10.1. The first-order valence-corrected chi connectivity index (χ1v) is 7.85. The zero-order chi connectivity index (χ0) is 17.4. The number of hydrogen-bond acceptors (Lipinski definition) is 5. The minimum absolute atomic E-state index is 0.188. The van der Waals surface area contributed by atoms with Gasteiger partial charge in [0, 0.05) is 6.54 Å². The van der Waals surface area contributed by atoms with Crippen molar-refractivity contribution in [2.75, 3.05) is 7.11 Å². The Balaban J connectivity index is 1.89. The quantitative estimate of drug-likeness (QED) is 0.727. The monoisotopic (exact) mass is 329 g/mol. The highest BCUT2D eigenvalue weighted by Crippen LogP contribution is 2.11. The average Bonchev–Trinajstić information content (AvgIpc) is 2.61. The van der Waals surface area contributed by atoms with Crippen LogP contribution in [0.15, 0.2) is 54.6 Å². The average molecular weight is 329 g/mol. The molecule has 0 aromatic heterocycles. The van der Waals surface area contributed by atoms with Crippen molar-refractivity contribution >= 4 is 5.97 Å². The van der Waals surface area contributed by atoms with Crippen LogP contribution in [-0.2, 0) is 22.7 Å². The van der Waals surface area contributed by atoms with E-state index in [-0.39, 0.29) is 6.61 Å². The zero-order valence-electron chi connectivity index (χ0n) is 13.9. The molecule has 5 nitrogen and oxygen atoms in total. The topological polar surface area (TPSA) is 67.8 Å². The van der Waals surface area contributed by atoms with Gasteiger partial charge in [0.2, 0.25) is 0 Å². The highest BCUT2D eigenvalue weighted by molar-refractivity contribution is 5.76. The van der Waals surface area contributed by atoms with Gasteiger partial charge in [0.05, 0.1) is 13.2 Å². The van der Waals surface area contributed by atoms with E-state index in [1.54, 1.807) is 14.0 Å². The van der Waals surface area contributed by atoms with Crippen LogP contribution in [0.5, 0.6) is 5.75 Å². The standard InChI is InChI=1S/C19H23NO4/c1-14(21)18(19(22)24-13-16-6-4-3-5-7-16)20-12-15-8-10-17(23-2)11-9-15/h3-11,14,18,20-21H,12-13H2,1-2H3/t14-,18-/m0/s1. The molecule has 0 aliphatic carbocycles. The van der Waals surface area contributed by atoms with Gasteiger partial charge in [-0.15, -0.1) is 0 Å². The van der Waals surface area contributed by atoms with Crippen LogP contribution in [-0.4, -0.2) is 30.3 Å². The second kappa shape index (κ2) is 9.05. The van der Waals surface area contributed by atoms with Gasteiger partial charge >= 0.3 is 5.97 Å². The first-order chi connectivity index (χ1) is 11.6. The number of carbonyl (C=O) groups excluding carboxylic acids is 1. The van der Waals surface area contributed by atoms with Crippen molar-refractivity contribution < 1.29 is 19.4 Å². The lowest BCUT2D eigenvalue weighted by Gasteiger charge is -2.20. The van der Waals surface area contributed by atoms with Gasteiger partial charge in [-0.2, -0.15) is 0 Å². The maximum Gasteiger partial charge on any atom is 0.326 e. The molecule has 0 heterocycles. The molecule has 0 bridgehead atoms. The maximum atomic E-state index is 12.2. The number of nitrogens with one attached hydrogen (secondary N) is 1. The summed E-state index contributed by atoms with van der Waals surface area (Å²) in [5.74, 6) is 0.301. The summed E-state index contributed by atoms with van der Waals surface area (Å²) in [4.78, 5) is 12.2. The Labute approximate surface area is 142 Å². The summed E-state index contributed by atoms with van der Waals surface area (Å²) in [6.07, 6.45) is -0.855. The normalized spacial score (nSPS) is 13.1. The smallest absolute Gasteiger partial charge is 0.326 e. The summed E-state index contributed by atoms with van der Waals surface area (Å²) in [5.41, 5.74) is 1.89. The highest BCUT2D eigenvalue weighted by Gasteiger charge is 2.24. The molecule has 5 heteroatoms. The van der Waals surface area contributed by atoms with Gasteiger partial charge in [-0.25, -0.2) is 0 Å². The molecular weight excluding hydrogens is 306 g/mol. The Kier molecular flexibility index (Phi) is 6.78. The molecule has 2 rings (SSSR count). The minimum atomic E-state index is -0.855. The lowest BCUT2D eigenvalue weighted by Crippen LogP contribution is -2.45. The first kappa shape index (κ1) is 18.0. The predicted molar refractivity (Wildman–Crippen MR) is 91.5 cm³/mol. The molecule has 0 unspecified atom stereocenters. The Morgan fingerprint density at radius 2 is 1.75 bits per heavy atom. The third-order valence-corrected chi connectivity index (χ3v) is 3.65. The number of esters is 1. The van der Waals surface area contributed by atoms with E-state index >= 15 is 0 Å². The van der Waals surface area contributed by atoms with Crippen LogP contribution in [0.25, 0.3) is 0 Å². The number of hydrogen-bond donors (Lipinski definition) is 2. The van der Waals surface area contributed by atoms with Gasteiger partial charge in [-0.1, -0.05) is 42.5 Å². The van der Waals surface area contributed by atoms with Crippen molar-refractivity contribution in [3.8, 4) is 5.75 Å². The van der Waals surface area contributed by atoms with Crippen LogP contribution in [0.2, 0.25) is 0 Å². The largest absolute Gasteiger partial charge is 0.497 e. The van der Waals surface area contributed by atoms with Gasteiger partial charge in [0.15, 0.2) is 0 Å². The molecule has 0 fully saturated rings. The Hall–Kier alpha value is -2.37. The fourth-order valence-electron chi connectivity index (χ4n) is 2.24. The number of aliphatic hydroxyl groups is 1. The van der Waals surface area contributed by atoms with Crippen molar-refractivity contribution in [1.82, 2.24) is 5.32 Å². The number of ether oxygens (including phenoxy) is 2. The van der Waals surface area contributed by atoms with E-state index in [0.717, 1.165) is 16.9 Å². The number of benzene rings is 2. The molecule has 2 N–H and O–H groups in total. The number of rotatable bonds is 8.